The molecule has 6 heteroatoms. The summed E-state index contributed by atoms with van der Waals surface area (Å²) in [5.74, 6) is -0.577. The number of nitrogen functional groups attached to an aromatic ring is 1. The highest BCUT2D eigenvalue weighted by Gasteiger charge is 2.29. The summed E-state index contributed by atoms with van der Waals surface area (Å²) in [7, 11) is -3.79. The molecule has 0 spiro atoms. The Hall–Kier alpha value is -1.92. The molecule has 0 aliphatic rings. The highest BCUT2D eigenvalue weighted by atomic mass is 32.2. The predicted molar refractivity (Wildman–Crippen MR) is 94.5 cm³/mol. The Bertz CT molecular complexity index is 784. The van der Waals surface area contributed by atoms with Gasteiger partial charge in [-0.3, -0.25) is 0 Å². The first-order chi connectivity index (χ1) is 11.3. The summed E-state index contributed by atoms with van der Waals surface area (Å²) in [5.41, 5.74) is 6.58. The maximum Gasteiger partial charge on any atom is 0.243 e. The maximum atomic E-state index is 13.7. The minimum atomic E-state index is -3.79. The number of nitrogens with two attached hydrogens (primary N) is 1. The minimum Gasteiger partial charge on any atom is -0.396 e. The molecule has 0 bridgehead atoms. The molecule has 0 amide bonds. The van der Waals surface area contributed by atoms with E-state index in [1.54, 1.807) is 0 Å². The Kier molecular flexibility index (Phi) is 5.62. The minimum absolute atomic E-state index is 0.0233. The molecule has 0 fully saturated rings. The van der Waals surface area contributed by atoms with Gasteiger partial charge in [-0.25, -0.2) is 12.8 Å². The quantitative estimate of drug-likeness (QED) is 0.808. The fourth-order valence-electron chi connectivity index (χ4n) is 2.49. The summed E-state index contributed by atoms with van der Waals surface area (Å²) < 4.78 is 41.4. The number of sulfonamides is 1. The van der Waals surface area contributed by atoms with Crippen LogP contribution in [0, 0.1) is 12.7 Å². The second-order valence-corrected chi connectivity index (χ2v) is 7.83. The van der Waals surface area contributed by atoms with Crippen LogP contribution in [-0.4, -0.2) is 18.8 Å². The monoisotopic (exact) mass is 350 g/mol. The zero-order chi connectivity index (χ0) is 17.9. The van der Waals surface area contributed by atoms with Crippen molar-refractivity contribution in [1.29, 1.82) is 0 Å². The second kappa shape index (κ2) is 7.32. The number of hydrogen-bond acceptors (Lipinski definition) is 3. The number of hydrogen-bond donors (Lipinski definition) is 1. The summed E-state index contributed by atoms with van der Waals surface area (Å²) in [6.45, 7) is 5.56. The van der Waals surface area contributed by atoms with Crippen LogP contribution in [0.3, 0.4) is 0 Å². The average molecular weight is 350 g/mol. The molecular weight excluding hydrogens is 327 g/mol. The molecule has 4 nitrogen and oxygen atoms in total. The average Bonchev–Trinajstić information content (AvgIpc) is 2.57. The number of aryl methyl sites for hydroxylation is 1. The van der Waals surface area contributed by atoms with E-state index in [4.69, 9.17) is 5.73 Å². The van der Waals surface area contributed by atoms with Gasteiger partial charge in [-0.2, -0.15) is 4.31 Å². The van der Waals surface area contributed by atoms with Gasteiger partial charge in [-0.15, -0.1) is 0 Å². The van der Waals surface area contributed by atoms with E-state index in [0.717, 1.165) is 5.56 Å². The third-order valence-corrected chi connectivity index (χ3v) is 6.06. The van der Waals surface area contributed by atoms with Gasteiger partial charge in [0.25, 0.3) is 0 Å². The van der Waals surface area contributed by atoms with Gasteiger partial charge >= 0.3 is 0 Å². The summed E-state index contributed by atoms with van der Waals surface area (Å²) in [4.78, 5) is 0.0233. The van der Waals surface area contributed by atoms with Crippen molar-refractivity contribution in [3.8, 4) is 0 Å². The molecule has 2 aromatic rings. The van der Waals surface area contributed by atoms with Gasteiger partial charge in [0.2, 0.25) is 10.0 Å². The Morgan fingerprint density at radius 2 is 1.83 bits per heavy atom. The molecule has 2 rings (SSSR count). The fourth-order valence-corrected chi connectivity index (χ4v) is 4.31. The first-order valence-corrected chi connectivity index (χ1v) is 9.32. The van der Waals surface area contributed by atoms with Crippen molar-refractivity contribution in [1.82, 2.24) is 4.31 Å². The highest BCUT2D eigenvalue weighted by molar-refractivity contribution is 7.89. The van der Waals surface area contributed by atoms with Crippen LogP contribution in [0.1, 0.15) is 31.4 Å². The Labute approximate surface area is 143 Å². The van der Waals surface area contributed by atoms with E-state index in [0.29, 0.717) is 6.42 Å². The van der Waals surface area contributed by atoms with Gasteiger partial charge in [0.1, 0.15) is 5.82 Å². The Balaban J connectivity index is 2.48. The van der Waals surface area contributed by atoms with E-state index in [2.05, 4.69) is 0 Å². The molecule has 0 heterocycles. The topological polar surface area (TPSA) is 63.4 Å². The van der Waals surface area contributed by atoms with Crippen LogP contribution in [0.5, 0.6) is 0 Å². The molecule has 0 radical (unpaired) electrons. The molecule has 0 aliphatic carbocycles. The number of halogens is 1. The standard InChI is InChI=1S/C18H23FN2O2S/c1-4-14(3)21(12-15-8-6-5-7-9-15)24(22,23)16-10-13(2)18(19)17(20)11-16/h5-11,14H,4,12,20H2,1-3H3. The van der Waals surface area contributed by atoms with E-state index in [1.165, 1.54) is 23.4 Å². The van der Waals surface area contributed by atoms with Crippen LogP contribution in [0.2, 0.25) is 0 Å². The summed E-state index contributed by atoms with van der Waals surface area (Å²) in [6.07, 6.45) is 0.668. The van der Waals surface area contributed by atoms with E-state index in [1.807, 2.05) is 44.2 Å². The van der Waals surface area contributed by atoms with E-state index in [-0.39, 0.29) is 28.7 Å². The fraction of sp³-hybridized carbons (Fsp3) is 0.333. The first kappa shape index (κ1) is 18.4. The second-order valence-electron chi connectivity index (χ2n) is 5.94. The van der Waals surface area contributed by atoms with Gasteiger partial charge in [0, 0.05) is 12.6 Å². The molecule has 130 valence electrons. The van der Waals surface area contributed by atoms with E-state index >= 15 is 0 Å². The lowest BCUT2D eigenvalue weighted by molar-refractivity contribution is 0.323. The molecule has 0 saturated carbocycles. The number of benzene rings is 2. The zero-order valence-corrected chi connectivity index (χ0v) is 15.0. The van der Waals surface area contributed by atoms with Crippen molar-refractivity contribution >= 4 is 15.7 Å². The van der Waals surface area contributed by atoms with Crippen molar-refractivity contribution in [2.24, 2.45) is 0 Å². The summed E-state index contributed by atoms with van der Waals surface area (Å²) in [5, 5.41) is 0. The first-order valence-electron chi connectivity index (χ1n) is 7.88. The molecule has 24 heavy (non-hydrogen) atoms. The largest absolute Gasteiger partial charge is 0.396 e. The predicted octanol–water partition coefficient (Wildman–Crippen LogP) is 3.71. The van der Waals surface area contributed by atoms with Gasteiger partial charge in [0.05, 0.1) is 10.6 Å². The third kappa shape index (κ3) is 3.76. The van der Waals surface area contributed by atoms with Crippen molar-refractivity contribution in [3.05, 3.63) is 59.4 Å². The molecule has 1 atom stereocenters. The van der Waals surface area contributed by atoms with Crippen molar-refractivity contribution in [3.63, 3.8) is 0 Å². The third-order valence-electron chi connectivity index (χ3n) is 4.13. The van der Waals surface area contributed by atoms with Gasteiger partial charge in [-0.05, 0) is 43.5 Å². The lowest BCUT2D eigenvalue weighted by Crippen LogP contribution is -2.37. The van der Waals surface area contributed by atoms with Crippen LogP contribution in [-0.2, 0) is 16.6 Å². The number of nitrogens with zero attached hydrogens (tertiary/aromatic N) is 1. The van der Waals surface area contributed by atoms with Crippen molar-refractivity contribution in [2.45, 2.75) is 44.7 Å². The van der Waals surface area contributed by atoms with Crippen molar-refractivity contribution in [2.75, 3.05) is 5.73 Å². The van der Waals surface area contributed by atoms with Crippen LogP contribution < -0.4 is 5.73 Å². The van der Waals surface area contributed by atoms with Crippen LogP contribution in [0.15, 0.2) is 47.4 Å². The molecule has 1 unspecified atom stereocenters. The Morgan fingerprint density at radius 1 is 1.21 bits per heavy atom. The van der Waals surface area contributed by atoms with Crippen molar-refractivity contribution < 1.29 is 12.8 Å². The van der Waals surface area contributed by atoms with E-state index < -0.39 is 15.8 Å². The van der Waals surface area contributed by atoms with Crippen LogP contribution in [0.4, 0.5) is 10.1 Å². The Morgan fingerprint density at radius 3 is 2.38 bits per heavy atom. The normalized spacial score (nSPS) is 13.2. The van der Waals surface area contributed by atoms with Gasteiger partial charge in [-0.1, -0.05) is 37.3 Å². The van der Waals surface area contributed by atoms with Gasteiger partial charge in [0.15, 0.2) is 0 Å². The SMILES string of the molecule is CCC(C)N(Cc1ccccc1)S(=O)(=O)c1cc(C)c(F)c(N)c1. The van der Waals surface area contributed by atoms with Crippen LogP contribution in [0.25, 0.3) is 0 Å². The number of anilines is 1. The molecule has 2 aromatic carbocycles. The highest BCUT2D eigenvalue weighted by Crippen LogP contribution is 2.26. The maximum absolute atomic E-state index is 13.7. The summed E-state index contributed by atoms with van der Waals surface area (Å²) in [6, 6.07) is 11.7. The molecule has 0 saturated heterocycles. The molecular formula is C18H23FN2O2S. The molecule has 0 aliphatic heterocycles. The number of rotatable bonds is 6. The molecule has 2 N–H and O–H groups in total. The van der Waals surface area contributed by atoms with E-state index in [9.17, 15) is 12.8 Å². The lowest BCUT2D eigenvalue weighted by Gasteiger charge is -2.28. The lowest BCUT2D eigenvalue weighted by atomic mass is 10.2. The van der Waals surface area contributed by atoms with Crippen LogP contribution >= 0.6 is 0 Å². The summed E-state index contributed by atoms with van der Waals surface area (Å²) >= 11 is 0. The zero-order valence-electron chi connectivity index (χ0n) is 14.2. The van der Waals surface area contributed by atoms with Gasteiger partial charge < -0.3 is 5.73 Å². The smallest absolute Gasteiger partial charge is 0.243 e. The molecule has 0 aromatic heterocycles.